The van der Waals surface area contributed by atoms with Crippen LogP contribution in [0.3, 0.4) is 0 Å². The van der Waals surface area contributed by atoms with Gasteiger partial charge in [-0.15, -0.1) is 0 Å². The van der Waals surface area contributed by atoms with Crippen LogP contribution >= 0.6 is 15.9 Å². The number of hydrogen-bond acceptors (Lipinski definition) is 6. The Morgan fingerprint density at radius 2 is 1.88 bits per heavy atom. The minimum absolute atomic E-state index is 0.158. The van der Waals surface area contributed by atoms with Crippen molar-refractivity contribution in [3.05, 3.63) is 97.2 Å². The van der Waals surface area contributed by atoms with E-state index in [1.54, 1.807) is 24.3 Å². The third-order valence-electron chi connectivity index (χ3n) is 5.25. The van der Waals surface area contributed by atoms with Crippen LogP contribution in [-0.4, -0.2) is 26.9 Å². The molecular formula is C25H21BrN4O4. The van der Waals surface area contributed by atoms with Crippen molar-refractivity contribution in [2.75, 3.05) is 0 Å². The monoisotopic (exact) mass is 520 g/mol. The summed E-state index contributed by atoms with van der Waals surface area (Å²) >= 11 is 3.38. The number of ether oxygens (including phenoxy) is 1. The standard InChI is InChI=1S/C25H21BrN4O4/c1-3-16(2)34-23-20(26)13-17(14-22(23)30(32)33)15-27-29-24(18-9-5-4-6-10-18)28-21-12-8-7-11-19(21)25(29)31/h4-16H,3H2,1-2H3/t16-/m1/s1. The molecular weight excluding hydrogens is 500 g/mol. The molecule has 0 unspecified atom stereocenters. The number of para-hydroxylation sites is 1. The fourth-order valence-corrected chi connectivity index (χ4v) is 3.90. The number of rotatable bonds is 7. The zero-order valence-corrected chi connectivity index (χ0v) is 20.1. The lowest BCUT2D eigenvalue weighted by molar-refractivity contribution is -0.386. The molecule has 34 heavy (non-hydrogen) atoms. The Hall–Kier alpha value is -3.85. The van der Waals surface area contributed by atoms with Gasteiger partial charge in [0.25, 0.3) is 5.56 Å². The molecule has 172 valence electrons. The van der Waals surface area contributed by atoms with Crippen LogP contribution in [-0.2, 0) is 0 Å². The molecule has 0 N–H and O–H groups in total. The molecule has 1 aromatic heterocycles. The summed E-state index contributed by atoms with van der Waals surface area (Å²) < 4.78 is 7.39. The van der Waals surface area contributed by atoms with Crippen LogP contribution < -0.4 is 10.3 Å². The first kappa shape index (κ1) is 23.3. The van der Waals surface area contributed by atoms with E-state index < -0.39 is 4.92 Å². The largest absolute Gasteiger partial charge is 0.483 e. The predicted molar refractivity (Wildman–Crippen MR) is 136 cm³/mol. The Balaban J connectivity index is 1.85. The number of nitro benzene ring substituents is 1. The SMILES string of the molecule is CC[C@@H](C)Oc1c(Br)cc(C=Nn2c(-c3ccccc3)nc3ccccc3c2=O)cc1[N+](=O)[O-]. The van der Waals surface area contributed by atoms with Crippen LogP contribution in [0.5, 0.6) is 5.75 Å². The molecule has 0 aliphatic carbocycles. The van der Waals surface area contributed by atoms with Crippen molar-refractivity contribution >= 4 is 38.7 Å². The Morgan fingerprint density at radius 3 is 2.59 bits per heavy atom. The van der Waals surface area contributed by atoms with Gasteiger partial charge in [-0.05, 0) is 47.5 Å². The summed E-state index contributed by atoms with van der Waals surface area (Å²) in [5, 5.41) is 16.5. The smallest absolute Gasteiger partial charge is 0.312 e. The molecule has 1 atom stereocenters. The Morgan fingerprint density at radius 1 is 1.18 bits per heavy atom. The molecule has 3 aromatic carbocycles. The normalized spacial score (nSPS) is 12.2. The molecule has 0 radical (unpaired) electrons. The first-order chi connectivity index (χ1) is 16.4. The van der Waals surface area contributed by atoms with E-state index >= 15 is 0 Å². The maximum Gasteiger partial charge on any atom is 0.312 e. The quantitative estimate of drug-likeness (QED) is 0.174. The van der Waals surface area contributed by atoms with Crippen molar-refractivity contribution in [3.8, 4) is 17.1 Å². The highest BCUT2D eigenvalue weighted by molar-refractivity contribution is 9.10. The molecule has 0 amide bonds. The lowest BCUT2D eigenvalue weighted by Crippen LogP contribution is -2.20. The van der Waals surface area contributed by atoms with E-state index in [-0.39, 0.29) is 23.1 Å². The van der Waals surface area contributed by atoms with Crippen molar-refractivity contribution in [2.45, 2.75) is 26.4 Å². The average molecular weight is 521 g/mol. The van der Waals surface area contributed by atoms with Crippen LogP contribution in [0, 0.1) is 10.1 Å². The van der Waals surface area contributed by atoms with Gasteiger partial charge >= 0.3 is 5.69 Å². The van der Waals surface area contributed by atoms with Gasteiger partial charge in [0.1, 0.15) is 0 Å². The summed E-state index contributed by atoms with van der Waals surface area (Å²) in [5.74, 6) is 0.525. The highest BCUT2D eigenvalue weighted by Crippen LogP contribution is 2.37. The van der Waals surface area contributed by atoms with Crippen LogP contribution in [0.2, 0.25) is 0 Å². The molecule has 0 aliphatic heterocycles. The van der Waals surface area contributed by atoms with E-state index in [9.17, 15) is 14.9 Å². The second kappa shape index (κ2) is 9.96. The number of halogens is 1. The second-order valence-electron chi connectivity index (χ2n) is 7.62. The number of benzene rings is 3. The summed E-state index contributed by atoms with van der Waals surface area (Å²) in [5.41, 5.74) is 1.17. The van der Waals surface area contributed by atoms with Crippen LogP contribution in [0.1, 0.15) is 25.8 Å². The highest BCUT2D eigenvalue weighted by Gasteiger charge is 2.22. The third-order valence-corrected chi connectivity index (χ3v) is 5.83. The Bertz CT molecular complexity index is 1450. The number of nitro groups is 1. The lowest BCUT2D eigenvalue weighted by Gasteiger charge is -2.14. The first-order valence-corrected chi connectivity index (χ1v) is 11.4. The van der Waals surface area contributed by atoms with E-state index in [0.717, 1.165) is 0 Å². The fraction of sp³-hybridized carbons (Fsp3) is 0.160. The predicted octanol–water partition coefficient (Wildman–Crippen LogP) is 5.79. The van der Waals surface area contributed by atoms with Gasteiger partial charge in [-0.1, -0.05) is 49.4 Å². The fourth-order valence-electron chi connectivity index (χ4n) is 3.34. The molecule has 9 heteroatoms. The van der Waals surface area contributed by atoms with E-state index in [0.29, 0.717) is 38.7 Å². The highest BCUT2D eigenvalue weighted by atomic mass is 79.9. The molecule has 0 bridgehead atoms. The van der Waals surface area contributed by atoms with Crippen LogP contribution in [0.4, 0.5) is 5.69 Å². The summed E-state index contributed by atoms with van der Waals surface area (Å²) in [7, 11) is 0. The van der Waals surface area contributed by atoms with Gasteiger partial charge in [0.2, 0.25) is 5.75 Å². The number of hydrogen-bond donors (Lipinski definition) is 0. The molecule has 4 aromatic rings. The topological polar surface area (TPSA) is 99.6 Å². The Labute approximate surface area is 203 Å². The maximum atomic E-state index is 13.3. The lowest BCUT2D eigenvalue weighted by atomic mass is 10.2. The van der Waals surface area contributed by atoms with Gasteiger partial charge in [-0.2, -0.15) is 9.78 Å². The molecule has 4 rings (SSSR count). The summed E-state index contributed by atoms with van der Waals surface area (Å²) in [6, 6.07) is 19.3. The van der Waals surface area contributed by atoms with E-state index in [1.807, 2.05) is 50.2 Å². The van der Waals surface area contributed by atoms with Gasteiger partial charge in [-0.3, -0.25) is 14.9 Å². The van der Waals surface area contributed by atoms with E-state index in [4.69, 9.17) is 4.74 Å². The first-order valence-electron chi connectivity index (χ1n) is 10.6. The molecule has 0 saturated carbocycles. The van der Waals surface area contributed by atoms with Crippen molar-refractivity contribution < 1.29 is 9.66 Å². The third kappa shape index (κ3) is 4.74. The van der Waals surface area contributed by atoms with E-state index in [1.165, 1.54) is 17.0 Å². The molecule has 0 saturated heterocycles. The minimum Gasteiger partial charge on any atom is -0.483 e. The van der Waals surface area contributed by atoms with Gasteiger partial charge in [0, 0.05) is 17.2 Å². The van der Waals surface area contributed by atoms with Crippen molar-refractivity contribution in [3.63, 3.8) is 0 Å². The van der Waals surface area contributed by atoms with Gasteiger partial charge < -0.3 is 4.74 Å². The Kier molecular flexibility index (Phi) is 6.83. The van der Waals surface area contributed by atoms with Gasteiger partial charge in [-0.25, -0.2) is 4.98 Å². The summed E-state index contributed by atoms with van der Waals surface area (Å²) in [6.07, 6.45) is 1.91. The molecule has 1 heterocycles. The summed E-state index contributed by atoms with van der Waals surface area (Å²) in [4.78, 5) is 29.1. The molecule has 0 spiro atoms. The van der Waals surface area contributed by atoms with Gasteiger partial charge in [0.05, 0.1) is 32.6 Å². The van der Waals surface area contributed by atoms with Crippen molar-refractivity contribution in [1.29, 1.82) is 0 Å². The van der Waals surface area contributed by atoms with Gasteiger partial charge in [0.15, 0.2) is 5.82 Å². The zero-order chi connectivity index (χ0) is 24.2. The van der Waals surface area contributed by atoms with Crippen molar-refractivity contribution in [2.24, 2.45) is 5.10 Å². The second-order valence-corrected chi connectivity index (χ2v) is 8.48. The average Bonchev–Trinajstić information content (AvgIpc) is 2.85. The number of fused-ring (bicyclic) bond motifs is 1. The van der Waals surface area contributed by atoms with E-state index in [2.05, 4.69) is 26.0 Å². The molecule has 8 nitrogen and oxygen atoms in total. The zero-order valence-electron chi connectivity index (χ0n) is 18.5. The molecule has 0 fully saturated rings. The number of aromatic nitrogens is 2. The summed E-state index contributed by atoms with van der Waals surface area (Å²) in [6.45, 7) is 3.78. The maximum absolute atomic E-state index is 13.3. The van der Waals surface area contributed by atoms with Crippen molar-refractivity contribution in [1.82, 2.24) is 9.66 Å². The van der Waals surface area contributed by atoms with Crippen LogP contribution in [0.15, 0.2) is 81.1 Å². The molecule has 0 aliphatic rings. The number of nitrogens with zero attached hydrogens (tertiary/aromatic N) is 4. The van der Waals surface area contributed by atoms with Crippen LogP contribution in [0.25, 0.3) is 22.3 Å². The minimum atomic E-state index is -0.501.